The molecule has 0 spiro atoms. The molecule has 39 heavy (non-hydrogen) atoms. The van der Waals surface area contributed by atoms with Crippen molar-refractivity contribution in [2.75, 3.05) is 10.6 Å². The van der Waals surface area contributed by atoms with Crippen molar-refractivity contribution in [1.82, 2.24) is 0 Å². The van der Waals surface area contributed by atoms with Crippen LogP contribution in [-0.4, -0.2) is 42.0 Å². The van der Waals surface area contributed by atoms with Crippen LogP contribution in [0.5, 0.6) is 0 Å². The molecule has 0 aliphatic rings. The Kier molecular flexibility index (Phi) is 12.5. The van der Waals surface area contributed by atoms with E-state index in [1.54, 1.807) is 13.0 Å². The van der Waals surface area contributed by atoms with Gasteiger partial charge in [0.25, 0.3) is 0 Å². The van der Waals surface area contributed by atoms with Gasteiger partial charge in [0.2, 0.25) is 0 Å². The topological polar surface area (TPSA) is 58.2 Å². The Labute approximate surface area is 243 Å². The fourth-order valence-electron chi connectivity index (χ4n) is 3.46. The van der Waals surface area contributed by atoms with E-state index < -0.39 is 0 Å². The van der Waals surface area contributed by atoms with Crippen LogP contribution < -0.4 is 28.5 Å². The van der Waals surface area contributed by atoms with Crippen LogP contribution >= 0.6 is 0 Å². The zero-order valence-corrected chi connectivity index (χ0v) is 25.7. The summed E-state index contributed by atoms with van der Waals surface area (Å²) in [7, 11) is 0. The van der Waals surface area contributed by atoms with Crippen molar-refractivity contribution in [2.24, 2.45) is 0 Å². The van der Waals surface area contributed by atoms with E-state index in [9.17, 15) is 9.59 Å². The first-order chi connectivity index (χ1) is 18.9. The van der Waals surface area contributed by atoms with Crippen LogP contribution in [-0.2, 0) is 9.59 Å². The molecule has 0 aliphatic heterocycles. The van der Waals surface area contributed by atoms with Crippen molar-refractivity contribution in [2.45, 2.75) is 20.8 Å². The van der Waals surface area contributed by atoms with E-state index >= 15 is 0 Å². The summed E-state index contributed by atoms with van der Waals surface area (Å²) in [5.74, 6) is 0.0565. The SMILES string of the molecule is C/C(=C/C=O)Nc1ccccc1[Se]c1ccccc1.CC(=O)/C=C(/C)Nc1ccccc1[Se]c1ccccc1. The number of benzene rings is 4. The average molecular weight is 647 g/mol. The molecule has 0 amide bonds. The van der Waals surface area contributed by atoms with Gasteiger partial charge in [0.15, 0.2) is 0 Å². The van der Waals surface area contributed by atoms with Crippen LogP contribution in [0.2, 0.25) is 0 Å². The number of hydrogen-bond acceptors (Lipinski definition) is 4. The molecule has 0 saturated heterocycles. The number of anilines is 2. The first kappa shape index (κ1) is 29.9. The van der Waals surface area contributed by atoms with Gasteiger partial charge in [-0.25, -0.2) is 0 Å². The standard InChI is InChI=1S/C17H17NOSe.C16H15NOSe/c1-13(12-14(2)19)18-16-10-6-7-11-17(16)20-15-8-4-3-5-9-15;1-13(11-12-18)17-15-9-5-6-10-16(15)19-14-7-3-2-4-8-14/h3-12,18H,1-2H3;2-12,17H,1H3/b13-12-;13-11-. The van der Waals surface area contributed by atoms with Crippen LogP contribution in [0.15, 0.2) is 133 Å². The second-order valence-electron chi connectivity index (χ2n) is 8.50. The van der Waals surface area contributed by atoms with Crippen LogP contribution in [0.25, 0.3) is 0 Å². The van der Waals surface area contributed by atoms with E-state index in [-0.39, 0.29) is 35.7 Å². The van der Waals surface area contributed by atoms with E-state index in [0.717, 1.165) is 29.1 Å². The third kappa shape index (κ3) is 10.9. The van der Waals surface area contributed by atoms with Gasteiger partial charge < -0.3 is 0 Å². The van der Waals surface area contributed by atoms with Crippen LogP contribution in [0.3, 0.4) is 0 Å². The quantitative estimate of drug-likeness (QED) is 0.155. The zero-order valence-electron chi connectivity index (χ0n) is 22.3. The summed E-state index contributed by atoms with van der Waals surface area (Å²) in [5, 5.41) is 6.60. The van der Waals surface area contributed by atoms with E-state index in [4.69, 9.17) is 0 Å². The summed E-state index contributed by atoms with van der Waals surface area (Å²) >= 11 is 0.508. The van der Waals surface area contributed by atoms with Crippen molar-refractivity contribution >= 4 is 71.2 Å². The Hall–Kier alpha value is -3.66. The maximum absolute atomic E-state index is 11.1. The van der Waals surface area contributed by atoms with Gasteiger partial charge in [-0.2, -0.15) is 0 Å². The average Bonchev–Trinajstić information content (AvgIpc) is 2.92. The van der Waals surface area contributed by atoms with Crippen molar-refractivity contribution < 1.29 is 9.59 Å². The number of ketones is 1. The van der Waals surface area contributed by atoms with Gasteiger partial charge in [0.05, 0.1) is 0 Å². The third-order valence-corrected chi connectivity index (χ3v) is 9.67. The number of carbonyl (C=O) groups excluding carboxylic acids is 2. The Balaban J connectivity index is 0.000000216. The molecule has 0 atom stereocenters. The molecule has 0 saturated carbocycles. The van der Waals surface area contributed by atoms with Crippen molar-refractivity contribution in [3.8, 4) is 0 Å². The van der Waals surface area contributed by atoms with Gasteiger partial charge in [-0.05, 0) is 0 Å². The number of allylic oxidation sites excluding steroid dienone is 4. The van der Waals surface area contributed by atoms with Gasteiger partial charge in [0.1, 0.15) is 0 Å². The second-order valence-corrected chi connectivity index (χ2v) is 13.2. The molecular weight excluding hydrogens is 614 g/mol. The number of nitrogens with one attached hydrogen (secondary N) is 2. The predicted molar refractivity (Wildman–Crippen MR) is 167 cm³/mol. The molecule has 0 radical (unpaired) electrons. The Bertz CT molecular complexity index is 1420. The van der Waals surface area contributed by atoms with E-state index in [0.29, 0.717) is 0 Å². The van der Waals surface area contributed by atoms with Crippen molar-refractivity contribution in [1.29, 1.82) is 0 Å². The van der Waals surface area contributed by atoms with E-state index in [2.05, 4.69) is 83.4 Å². The normalized spacial score (nSPS) is 11.2. The summed E-state index contributed by atoms with van der Waals surface area (Å²) < 4.78 is 5.23. The molecule has 0 unspecified atom stereocenters. The van der Waals surface area contributed by atoms with E-state index in [1.807, 2.05) is 50.2 Å². The number of hydrogen-bond donors (Lipinski definition) is 2. The molecule has 6 heteroatoms. The number of rotatable bonds is 10. The third-order valence-electron chi connectivity index (χ3n) is 5.12. The fourth-order valence-corrected chi connectivity index (χ4v) is 7.33. The molecule has 4 aromatic rings. The Morgan fingerprint density at radius 3 is 1.44 bits per heavy atom. The maximum atomic E-state index is 11.1. The monoisotopic (exact) mass is 648 g/mol. The van der Waals surface area contributed by atoms with Crippen LogP contribution in [0.4, 0.5) is 11.4 Å². The summed E-state index contributed by atoms with van der Waals surface area (Å²) in [6, 6.07) is 37.4. The van der Waals surface area contributed by atoms with Crippen molar-refractivity contribution in [3.63, 3.8) is 0 Å². The first-order valence-corrected chi connectivity index (χ1v) is 15.9. The van der Waals surface area contributed by atoms with E-state index in [1.165, 1.54) is 23.9 Å². The molecule has 4 nitrogen and oxygen atoms in total. The molecule has 4 aromatic carbocycles. The van der Waals surface area contributed by atoms with Crippen LogP contribution in [0, 0.1) is 0 Å². The number of aldehydes is 1. The molecule has 0 heterocycles. The minimum absolute atomic E-state index is 0.0565. The summed E-state index contributed by atoms with van der Waals surface area (Å²) in [5.41, 5.74) is 3.87. The minimum atomic E-state index is 0.0565. The Morgan fingerprint density at radius 1 is 0.590 bits per heavy atom. The second kappa shape index (κ2) is 16.3. The molecule has 0 fully saturated rings. The fraction of sp³-hybridized carbons (Fsp3) is 0.0909. The molecule has 4 rings (SSSR count). The van der Waals surface area contributed by atoms with Crippen molar-refractivity contribution in [3.05, 3.63) is 133 Å². The predicted octanol–water partition coefficient (Wildman–Crippen LogP) is 4.10. The van der Waals surface area contributed by atoms with Crippen LogP contribution in [0.1, 0.15) is 20.8 Å². The summed E-state index contributed by atoms with van der Waals surface area (Å²) in [6.45, 7) is 5.36. The Morgan fingerprint density at radius 2 is 1.00 bits per heavy atom. The van der Waals surface area contributed by atoms with Gasteiger partial charge in [-0.3, -0.25) is 0 Å². The molecule has 0 aromatic heterocycles. The molecule has 0 aliphatic carbocycles. The molecular formula is C33H32N2O2Se2. The number of para-hydroxylation sites is 2. The molecule has 2 N–H and O–H groups in total. The van der Waals surface area contributed by atoms with Gasteiger partial charge in [-0.15, -0.1) is 0 Å². The number of carbonyl (C=O) groups is 2. The van der Waals surface area contributed by atoms with Gasteiger partial charge >= 0.3 is 245 Å². The summed E-state index contributed by atoms with van der Waals surface area (Å²) in [4.78, 5) is 21.6. The molecule has 0 bridgehead atoms. The summed E-state index contributed by atoms with van der Waals surface area (Å²) in [6.07, 6.45) is 3.95. The first-order valence-electron chi connectivity index (χ1n) is 12.4. The van der Waals surface area contributed by atoms with Gasteiger partial charge in [0, 0.05) is 0 Å². The molecule has 198 valence electrons. The van der Waals surface area contributed by atoms with Gasteiger partial charge in [-0.1, -0.05) is 0 Å². The zero-order chi connectivity index (χ0) is 27.9.